The van der Waals surface area contributed by atoms with Crippen LogP contribution < -0.4 is 0 Å². The molecule has 0 N–H and O–H groups in total. The van der Waals surface area contributed by atoms with Crippen LogP contribution in [0, 0.1) is 12.7 Å². The topological polar surface area (TPSA) is 30.7 Å². The van der Waals surface area contributed by atoms with Crippen LogP contribution in [0.1, 0.15) is 11.3 Å². The summed E-state index contributed by atoms with van der Waals surface area (Å²) in [5.74, 6) is -0.498. The minimum Gasteiger partial charge on any atom is -0.228 e. The molecule has 0 aliphatic rings. The molecule has 3 nitrogen and oxygen atoms in total. The van der Waals surface area contributed by atoms with Crippen molar-refractivity contribution in [3.05, 3.63) is 75.7 Å². The molecule has 2 aromatic carbocycles. The lowest BCUT2D eigenvalue weighted by Gasteiger charge is -2.12. The summed E-state index contributed by atoms with van der Waals surface area (Å²) in [6, 6.07) is 10.6. The number of hydrogen-bond acceptors (Lipinski definition) is 2. The van der Waals surface area contributed by atoms with Gasteiger partial charge in [0, 0.05) is 5.56 Å². The number of nitrogens with zero attached hydrogens (tertiary/aromatic N) is 3. The van der Waals surface area contributed by atoms with E-state index >= 15 is 0 Å². The quantitative estimate of drug-likeness (QED) is 0.319. The van der Waals surface area contributed by atoms with Crippen molar-refractivity contribution in [2.75, 3.05) is 0 Å². The first kappa shape index (κ1) is 19.7. The first-order valence-corrected chi connectivity index (χ1v) is 9.09. The third kappa shape index (κ3) is 3.56. The van der Waals surface area contributed by atoms with Gasteiger partial charge in [0.05, 0.1) is 38.1 Å². The van der Waals surface area contributed by atoms with Gasteiger partial charge in [-0.05, 0) is 55.5 Å². The van der Waals surface area contributed by atoms with Crippen LogP contribution in [0.5, 0.6) is 0 Å². The molecular formula is C20H11Cl2F4N3. The fraction of sp³-hybridized carbons (Fsp3) is 0.100. The minimum absolute atomic E-state index is 0.00930. The van der Waals surface area contributed by atoms with Gasteiger partial charge in [-0.3, -0.25) is 0 Å². The summed E-state index contributed by atoms with van der Waals surface area (Å²) < 4.78 is 56.0. The predicted molar refractivity (Wildman–Crippen MR) is 104 cm³/mol. The van der Waals surface area contributed by atoms with Crippen LogP contribution >= 0.6 is 23.2 Å². The van der Waals surface area contributed by atoms with Crippen molar-refractivity contribution in [3.8, 4) is 16.9 Å². The highest BCUT2D eigenvalue weighted by atomic mass is 35.5. The molecule has 0 aliphatic carbocycles. The van der Waals surface area contributed by atoms with E-state index in [1.807, 2.05) is 0 Å². The third-order valence-corrected chi connectivity index (χ3v) is 5.14. The van der Waals surface area contributed by atoms with Crippen molar-refractivity contribution in [1.82, 2.24) is 14.8 Å². The largest absolute Gasteiger partial charge is 0.417 e. The molecule has 0 radical (unpaired) electrons. The maximum Gasteiger partial charge on any atom is 0.417 e. The molecule has 0 spiro atoms. The summed E-state index contributed by atoms with van der Waals surface area (Å²) in [5.41, 5.74) is 0.107. The van der Waals surface area contributed by atoms with Gasteiger partial charge < -0.3 is 0 Å². The molecule has 0 bridgehead atoms. The van der Waals surface area contributed by atoms with Crippen LogP contribution in [-0.4, -0.2) is 14.8 Å². The second-order valence-corrected chi connectivity index (χ2v) is 7.17. The van der Waals surface area contributed by atoms with Crippen LogP contribution in [0.25, 0.3) is 28.0 Å². The van der Waals surface area contributed by atoms with Gasteiger partial charge in [-0.15, -0.1) is 0 Å². The second kappa shape index (κ2) is 7.00. The number of halogens is 6. The lowest BCUT2D eigenvalue weighted by atomic mass is 10.1. The highest BCUT2D eigenvalue weighted by Gasteiger charge is 2.35. The van der Waals surface area contributed by atoms with Crippen LogP contribution in [0.2, 0.25) is 10.0 Å². The lowest BCUT2D eigenvalue weighted by Crippen LogP contribution is -2.08. The van der Waals surface area contributed by atoms with E-state index in [-0.39, 0.29) is 27.4 Å². The van der Waals surface area contributed by atoms with Gasteiger partial charge in [0.25, 0.3) is 0 Å². The number of aryl methyl sites for hydroxylation is 1. The fourth-order valence-electron chi connectivity index (χ4n) is 3.08. The molecule has 148 valence electrons. The summed E-state index contributed by atoms with van der Waals surface area (Å²) in [5, 5.41) is 4.67. The van der Waals surface area contributed by atoms with Gasteiger partial charge in [-0.25, -0.2) is 14.1 Å². The van der Waals surface area contributed by atoms with Crippen LogP contribution in [0.15, 0.2) is 48.5 Å². The van der Waals surface area contributed by atoms with Crippen molar-refractivity contribution < 1.29 is 17.6 Å². The number of aromatic nitrogens is 3. The maximum atomic E-state index is 13.8. The van der Waals surface area contributed by atoms with Gasteiger partial charge in [0.15, 0.2) is 5.65 Å². The molecule has 0 atom stereocenters. The summed E-state index contributed by atoms with van der Waals surface area (Å²) in [7, 11) is 0. The maximum absolute atomic E-state index is 13.8. The van der Waals surface area contributed by atoms with Crippen molar-refractivity contribution >= 4 is 34.2 Å². The van der Waals surface area contributed by atoms with Crippen LogP contribution in [-0.2, 0) is 6.18 Å². The average Bonchev–Trinajstić information content (AvgIpc) is 3.00. The van der Waals surface area contributed by atoms with E-state index in [0.29, 0.717) is 16.3 Å². The number of alkyl halides is 3. The zero-order chi connectivity index (χ0) is 20.9. The second-order valence-electron chi connectivity index (χ2n) is 6.35. The van der Waals surface area contributed by atoms with Gasteiger partial charge in [-0.1, -0.05) is 23.2 Å². The van der Waals surface area contributed by atoms with Gasteiger partial charge in [0.1, 0.15) is 5.82 Å². The summed E-state index contributed by atoms with van der Waals surface area (Å²) >= 11 is 12.0. The molecule has 0 saturated carbocycles. The Hall–Kier alpha value is -2.64. The van der Waals surface area contributed by atoms with Gasteiger partial charge >= 0.3 is 6.18 Å². The Morgan fingerprint density at radius 2 is 1.62 bits per heavy atom. The smallest absolute Gasteiger partial charge is 0.228 e. The van der Waals surface area contributed by atoms with E-state index in [4.69, 9.17) is 23.2 Å². The highest BCUT2D eigenvalue weighted by Crippen LogP contribution is 2.39. The van der Waals surface area contributed by atoms with Gasteiger partial charge in [-0.2, -0.15) is 18.3 Å². The molecular weight excluding hydrogens is 429 g/mol. The van der Waals surface area contributed by atoms with Crippen LogP contribution in [0.4, 0.5) is 17.6 Å². The first-order valence-electron chi connectivity index (χ1n) is 8.34. The summed E-state index contributed by atoms with van der Waals surface area (Å²) in [6.45, 7) is 1.48. The molecule has 2 heterocycles. The van der Waals surface area contributed by atoms with Crippen molar-refractivity contribution in [2.24, 2.45) is 0 Å². The van der Waals surface area contributed by atoms with E-state index in [9.17, 15) is 17.6 Å². The molecule has 0 saturated heterocycles. The van der Waals surface area contributed by atoms with Crippen LogP contribution in [0.3, 0.4) is 0 Å². The molecule has 4 rings (SSSR count). The zero-order valence-corrected chi connectivity index (χ0v) is 16.2. The average molecular weight is 440 g/mol. The summed E-state index contributed by atoms with van der Waals surface area (Å²) in [4.78, 5) is 4.40. The summed E-state index contributed by atoms with van der Waals surface area (Å²) in [6.07, 6.45) is -4.63. The van der Waals surface area contributed by atoms with Gasteiger partial charge in [0.2, 0.25) is 0 Å². The molecule has 4 aromatic rings. The Labute approximate surface area is 172 Å². The standard InChI is InChI=1S/C20H11Cl2F4N3/c1-10-18-14(20(24,25)26)9-17(11-2-4-12(23)5-3-11)27-19(18)29(28-10)13-6-7-15(21)16(22)8-13/h2-9H,1H3. The number of fused-ring (bicyclic) bond motifs is 1. The number of rotatable bonds is 2. The number of benzene rings is 2. The molecule has 0 aliphatic heterocycles. The Bertz CT molecular complexity index is 1230. The van der Waals surface area contributed by atoms with Crippen molar-refractivity contribution in [2.45, 2.75) is 13.1 Å². The van der Waals surface area contributed by atoms with Crippen molar-refractivity contribution in [3.63, 3.8) is 0 Å². The SMILES string of the molecule is Cc1nn(-c2ccc(Cl)c(Cl)c2)c2nc(-c3ccc(F)cc3)cc(C(F)(F)F)c12. The monoisotopic (exact) mass is 439 g/mol. The fourth-order valence-corrected chi connectivity index (χ4v) is 3.37. The number of hydrogen-bond donors (Lipinski definition) is 0. The van der Waals surface area contributed by atoms with Crippen molar-refractivity contribution in [1.29, 1.82) is 0 Å². The molecule has 0 amide bonds. The highest BCUT2D eigenvalue weighted by molar-refractivity contribution is 6.42. The molecule has 2 aromatic heterocycles. The van der Waals surface area contributed by atoms with E-state index in [1.54, 1.807) is 6.07 Å². The van der Waals surface area contributed by atoms with E-state index in [2.05, 4.69) is 10.1 Å². The Morgan fingerprint density at radius 1 is 0.931 bits per heavy atom. The Kier molecular flexibility index (Phi) is 4.75. The zero-order valence-electron chi connectivity index (χ0n) is 14.7. The number of pyridine rings is 1. The van der Waals surface area contributed by atoms with E-state index < -0.39 is 17.6 Å². The third-order valence-electron chi connectivity index (χ3n) is 4.41. The lowest BCUT2D eigenvalue weighted by molar-refractivity contribution is -0.136. The molecule has 9 heteroatoms. The molecule has 0 fully saturated rings. The normalized spacial score (nSPS) is 12.0. The van der Waals surface area contributed by atoms with E-state index in [1.165, 1.54) is 35.9 Å². The first-order chi connectivity index (χ1) is 13.6. The molecule has 29 heavy (non-hydrogen) atoms. The minimum atomic E-state index is -4.63. The molecule has 0 unspecified atom stereocenters. The Balaban J connectivity index is 2.05. The predicted octanol–water partition coefficient (Wildman–Crippen LogP) is 6.86. The van der Waals surface area contributed by atoms with E-state index in [0.717, 1.165) is 18.2 Å². The Morgan fingerprint density at radius 3 is 2.24 bits per heavy atom.